The van der Waals surface area contributed by atoms with Gasteiger partial charge in [0, 0.05) is 17.0 Å². The summed E-state index contributed by atoms with van der Waals surface area (Å²) < 4.78 is 22.1. The highest BCUT2D eigenvalue weighted by molar-refractivity contribution is 5.98. The maximum atomic E-state index is 13.1. The molecule has 0 fully saturated rings. The first-order chi connectivity index (χ1) is 16.3. The van der Waals surface area contributed by atoms with Gasteiger partial charge in [-0.1, -0.05) is 26.0 Å². The van der Waals surface area contributed by atoms with Crippen LogP contribution in [0.5, 0.6) is 17.2 Å². The first-order valence-electron chi connectivity index (χ1n) is 11.3. The molecule has 1 aromatic heterocycles. The van der Waals surface area contributed by atoms with Crippen molar-refractivity contribution in [3.8, 4) is 17.2 Å². The van der Waals surface area contributed by atoms with E-state index in [0.29, 0.717) is 40.8 Å². The fourth-order valence-electron chi connectivity index (χ4n) is 3.61. The summed E-state index contributed by atoms with van der Waals surface area (Å²) in [5.41, 5.74) is 0.976. The number of hydrogen-bond acceptors (Lipinski definition) is 6. The highest BCUT2D eigenvalue weighted by atomic mass is 16.5. The number of furan rings is 1. The number of hydrogen-bond donors (Lipinski definition) is 2. The number of para-hydroxylation sites is 1. The van der Waals surface area contributed by atoms with Crippen LogP contribution in [0.2, 0.25) is 0 Å². The first-order valence-corrected chi connectivity index (χ1v) is 11.3. The monoisotopic (exact) mass is 468 g/mol. The summed E-state index contributed by atoms with van der Waals surface area (Å²) >= 11 is 0. The van der Waals surface area contributed by atoms with Gasteiger partial charge in [0.05, 0.1) is 26.9 Å². The molecule has 0 radical (unpaired) electrons. The normalized spacial score (nSPS) is 12.8. The molecule has 1 unspecified atom stereocenters. The van der Waals surface area contributed by atoms with Crippen LogP contribution in [0.25, 0.3) is 11.0 Å². The molecule has 0 aliphatic rings. The van der Waals surface area contributed by atoms with Crippen LogP contribution in [0.3, 0.4) is 0 Å². The summed E-state index contributed by atoms with van der Waals surface area (Å²) in [5.74, 6) is 1.37. The average molecular weight is 469 g/mol. The smallest absolute Gasteiger partial charge is 0.252 e. The molecule has 2 N–H and O–H groups in total. The predicted octanol–water partition coefficient (Wildman–Crippen LogP) is 4.48. The second-order valence-corrected chi connectivity index (χ2v) is 8.28. The van der Waals surface area contributed by atoms with Gasteiger partial charge in [-0.15, -0.1) is 0 Å². The van der Waals surface area contributed by atoms with Crippen LogP contribution in [0.15, 0.2) is 46.9 Å². The quantitative estimate of drug-likeness (QED) is 0.455. The topological polar surface area (TPSA) is 99.0 Å². The minimum atomic E-state index is -0.754. The number of carbonyl (C=O) groups is 2. The molecule has 0 spiro atoms. The number of rotatable bonds is 10. The van der Waals surface area contributed by atoms with E-state index in [0.717, 1.165) is 5.39 Å². The van der Waals surface area contributed by atoms with Gasteiger partial charge in [-0.25, -0.2) is 0 Å². The van der Waals surface area contributed by atoms with Gasteiger partial charge in [0.1, 0.15) is 23.3 Å². The number of benzene rings is 2. The second kappa shape index (κ2) is 11.0. The van der Waals surface area contributed by atoms with Gasteiger partial charge in [0.2, 0.25) is 5.91 Å². The lowest BCUT2D eigenvalue weighted by molar-refractivity contribution is -0.124. The summed E-state index contributed by atoms with van der Waals surface area (Å²) in [6.45, 7) is 8.01. The van der Waals surface area contributed by atoms with Gasteiger partial charge >= 0.3 is 0 Å². The van der Waals surface area contributed by atoms with Gasteiger partial charge in [-0.05, 0) is 44.0 Å². The number of amides is 2. The van der Waals surface area contributed by atoms with Crippen LogP contribution < -0.4 is 24.8 Å². The van der Waals surface area contributed by atoms with Crippen LogP contribution in [0, 0.1) is 5.92 Å². The zero-order valence-corrected chi connectivity index (χ0v) is 20.4. The van der Waals surface area contributed by atoms with E-state index in [9.17, 15) is 9.59 Å². The average Bonchev–Trinajstić information content (AvgIpc) is 3.27. The molecule has 3 aromatic rings. The van der Waals surface area contributed by atoms with E-state index in [-0.39, 0.29) is 11.8 Å². The van der Waals surface area contributed by atoms with Crippen LogP contribution in [0.1, 0.15) is 49.9 Å². The zero-order chi connectivity index (χ0) is 24.8. The summed E-state index contributed by atoms with van der Waals surface area (Å²) in [7, 11) is 3.02. The van der Waals surface area contributed by atoms with Crippen LogP contribution >= 0.6 is 0 Å². The van der Waals surface area contributed by atoms with Crippen molar-refractivity contribution in [3.05, 3.63) is 53.8 Å². The highest BCUT2D eigenvalue weighted by Gasteiger charge is 2.27. The number of ether oxygens (including phenoxy) is 3. The van der Waals surface area contributed by atoms with E-state index in [2.05, 4.69) is 10.6 Å². The Balaban J connectivity index is 1.75. The van der Waals surface area contributed by atoms with Crippen molar-refractivity contribution in [2.24, 2.45) is 5.92 Å². The van der Waals surface area contributed by atoms with Crippen LogP contribution in [0.4, 0.5) is 0 Å². The molecule has 2 amide bonds. The Kier molecular flexibility index (Phi) is 8.04. The lowest BCUT2D eigenvalue weighted by atomic mass is 10.0. The largest absolute Gasteiger partial charge is 0.497 e. The molecule has 8 nitrogen and oxygen atoms in total. The standard InChI is InChI=1S/C26H32N2O6/c1-7-33-21-10-8-9-17-13-22(34-24(17)21)16(4)27-26(30)23(15(2)3)28-25(29)18-11-19(31-5)14-20(12-18)32-6/h8-16,23H,7H2,1-6H3,(H,27,30)(H,28,29)/t16?,23-/m0/s1. The maximum absolute atomic E-state index is 13.1. The van der Waals surface area contributed by atoms with Crippen molar-refractivity contribution >= 4 is 22.8 Å². The SMILES string of the molecule is CCOc1cccc2cc(C(C)NC(=O)[C@@H](NC(=O)c3cc(OC)cc(OC)c3)C(C)C)oc12. The molecule has 2 atom stereocenters. The molecule has 0 saturated heterocycles. The number of carbonyl (C=O) groups excluding carboxylic acids is 2. The third-order valence-electron chi connectivity index (χ3n) is 5.46. The number of methoxy groups -OCH3 is 2. The van der Waals surface area contributed by atoms with E-state index in [4.69, 9.17) is 18.6 Å². The lowest BCUT2D eigenvalue weighted by Gasteiger charge is -2.23. The minimum Gasteiger partial charge on any atom is -0.497 e. The molecular formula is C26H32N2O6. The van der Waals surface area contributed by atoms with Crippen molar-refractivity contribution in [1.29, 1.82) is 0 Å². The number of nitrogens with one attached hydrogen (secondary N) is 2. The molecule has 3 rings (SSSR count). The molecule has 0 saturated carbocycles. The van der Waals surface area contributed by atoms with E-state index < -0.39 is 18.0 Å². The Hall–Kier alpha value is -3.68. The molecular weight excluding hydrogens is 436 g/mol. The maximum Gasteiger partial charge on any atom is 0.252 e. The molecule has 2 aromatic carbocycles. The van der Waals surface area contributed by atoms with E-state index >= 15 is 0 Å². The Labute approximate surface area is 199 Å². The van der Waals surface area contributed by atoms with Crippen LogP contribution in [-0.2, 0) is 4.79 Å². The lowest BCUT2D eigenvalue weighted by Crippen LogP contribution is -2.50. The Bertz CT molecular complexity index is 1130. The van der Waals surface area contributed by atoms with Gasteiger partial charge in [0.15, 0.2) is 11.3 Å². The Morgan fingerprint density at radius 1 is 0.971 bits per heavy atom. The van der Waals surface area contributed by atoms with Gasteiger partial charge in [-0.2, -0.15) is 0 Å². The van der Waals surface area contributed by atoms with Crippen molar-refractivity contribution in [2.45, 2.75) is 39.8 Å². The van der Waals surface area contributed by atoms with Gasteiger partial charge in [-0.3, -0.25) is 9.59 Å². The molecule has 182 valence electrons. The van der Waals surface area contributed by atoms with Gasteiger partial charge in [0.25, 0.3) is 5.91 Å². The second-order valence-electron chi connectivity index (χ2n) is 8.28. The number of fused-ring (bicyclic) bond motifs is 1. The molecule has 1 heterocycles. The predicted molar refractivity (Wildman–Crippen MR) is 130 cm³/mol. The molecule has 8 heteroatoms. The summed E-state index contributed by atoms with van der Waals surface area (Å²) in [4.78, 5) is 26.1. The minimum absolute atomic E-state index is 0.149. The fraction of sp³-hybridized carbons (Fsp3) is 0.385. The fourth-order valence-corrected chi connectivity index (χ4v) is 3.61. The van der Waals surface area contributed by atoms with E-state index in [1.54, 1.807) is 18.2 Å². The van der Waals surface area contributed by atoms with Crippen molar-refractivity contribution < 1.29 is 28.2 Å². The Morgan fingerprint density at radius 3 is 2.24 bits per heavy atom. The molecule has 0 aliphatic carbocycles. The summed E-state index contributed by atoms with van der Waals surface area (Å²) in [6, 6.07) is 11.3. The Morgan fingerprint density at radius 2 is 1.65 bits per heavy atom. The van der Waals surface area contributed by atoms with Crippen LogP contribution in [-0.4, -0.2) is 38.7 Å². The summed E-state index contributed by atoms with van der Waals surface area (Å²) in [5, 5.41) is 6.68. The summed E-state index contributed by atoms with van der Waals surface area (Å²) in [6.07, 6.45) is 0. The highest BCUT2D eigenvalue weighted by Crippen LogP contribution is 2.31. The zero-order valence-electron chi connectivity index (χ0n) is 20.4. The van der Waals surface area contributed by atoms with Crippen molar-refractivity contribution in [3.63, 3.8) is 0 Å². The molecule has 0 bridgehead atoms. The third kappa shape index (κ3) is 5.62. The molecule has 34 heavy (non-hydrogen) atoms. The third-order valence-corrected chi connectivity index (χ3v) is 5.46. The van der Waals surface area contributed by atoms with Crippen molar-refractivity contribution in [1.82, 2.24) is 10.6 Å². The first kappa shape index (κ1) is 25.0. The van der Waals surface area contributed by atoms with E-state index in [1.807, 2.05) is 52.0 Å². The van der Waals surface area contributed by atoms with Gasteiger partial charge < -0.3 is 29.3 Å². The van der Waals surface area contributed by atoms with E-state index in [1.165, 1.54) is 14.2 Å². The van der Waals surface area contributed by atoms with Crippen molar-refractivity contribution in [2.75, 3.05) is 20.8 Å². The molecule has 0 aliphatic heterocycles.